The van der Waals surface area contributed by atoms with Gasteiger partial charge in [-0.05, 0) is 38.8 Å². The maximum atomic E-state index is 11.2. The third-order valence-corrected chi connectivity index (χ3v) is 3.31. The van der Waals surface area contributed by atoms with Gasteiger partial charge in [0.05, 0.1) is 5.54 Å². The number of nitrogens with zero attached hydrogens (tertiary/aromatic N) is 1. The average molecular weight is 183 g/mol. The third kappa shape index (κ3) is 1.63. The minimum atomic E-state index is -0.172. The zero-order chi connectivity index (χ0) is 9.15. The van der Waals surface area contributed by atoms with E-state index < -0.39 is 0 Å². The van der Waals surface area contributed by atoms with Crippen LogP contribution in [0.4, 0.5) is 0 Å². The van der Waals surface area contributed by atoms with E-state index in [1.807, 2.05) is 0 Å². The molecule has 3 nitrogen and oxygen atoms in total. The molecule has 0 radical (unpaired) electrons. The summed E-state index contributed by atoms with van der Waals surface area (Å²) >= 11 is 0. The van der Waals surface area contributed by atoms with Crippen molar-refractivity contribution in [2.75, 3.05) is 26.3 Å². The lowest BCUT2D eigenvalue weighted by Crippen LogP contribution is -2.52. The summed E-state index contributed by atoms with van der Waals surface area (Å²) in [5.41, 5.74) is -0.172. The van der Waals surface area contributed by atoms with E-state index in [0.29, 0.717) is 0 Å². The molecule has 0 bridgehead atoms. The summed E-state index contributed by atoms with van der Waals surface area (Å²) in [5.74, 6) is 0. The second-order valence-electron chi connectivity index (χ2n) is 4.03. The van der Waals surface area contributed by atoms with Crippen molar-refractivity contribution in [1.82, 2.24) is 4.90 Å². The molecule has 2 heterocycles. The minimum absolute atomic E-state index is 0.172. The highest BCUT2D eigenvalue weighted by molar-refractivity contribution is 5.64. The van der Waals surface area contributed by atoms with Crippen LogP contribution in [0.25, 0.3) is 0 Å². The van der Waals surface area contributed by atoms with Crippen LogP contribution in [-0.4, -0.2) is 43.0 Å². The molecule has 0 aromatic rings. The highest BCUT2D eigenvalue weighted by Gasteiger charge is 2.39. The maximum Gasteiger partial charge on any atom is 0.140 e. The Labute approximate surface area is 79.0 Å². The van der Waals surface area contributed by atoms with Crippen LogP contribution < -0.4 is 0 Å². The highest BCUT2D eigenvalue weighted by atomic mass is 16.5. The van der Waals surface area contributed by atoms with Crippen LogP contribution in [0.3, 0.4) is 0 Å². The summed E-state index contributed by atoms with van der Waals surface area (Å²) < 4.78 is 5.30. The molecule has 74 valence electrons. The number of carbonyl (C=O) groups excluding carboxylic acids is 1. The molecule has 2 aliphatic heterocycles. The molecule has 0 aliphatic carbocycles. The summed E-state index contributed by atoms with van der Waals surface area (Å²) in [7, 11) is 0. The summed E-state index contributed by atoms with van der Waals surface area (Å²) in [6.45, 7) is 3.68. The van der Waals surface area contributed by atoms with E-state index in [-0.39, 0.29) is 5.54 Å². The first-order chi connectivity index (χ1) is 6.37. The molecule has 13 heavy (non-hydrogen) atoms. The predicted octanol–water partition coefficient (Wildman–Crippen LogP) is 0.830. The molecule has 2 rings (SSSR count). The molecular weight excluding hydrogens is 166 g/mol. The predicted molar refractivity (Wildman–Crippen MR) is 49.7 cm³/mol. The van der Waals surface area contributed by atoms with Crippen LogP contribution in [-0.2, 0) is 9.53 Å². The topological polar surface area (TPSA) is 29.5 Å². The summed E-state index contributed by atoms with van der Waals surface area (Å²) in [5, 5.41) is 0. The van der Waals surface area contributed by atoms with E-state index in [1.54, 1.807) is 0 Å². The van der Waals surface area contributed by atoms with Gasteiger partial charge in [-0.1, -0.05) is 0 Å². The summed E-state index contributed by atoms with van der Waals surface area (Å²) in [4.78, 5) is 13.5. The number of carbonyl (C=O) groups is 1. The van der Waals surface area contributed by atoms with Crippen molar-refractivity contribution in [3.05, 3.63) is 0 Å². The molecule has 0 saturated carbocycles. The van der Waals surface area contributed by atoms with Crippen LogP contribution in [0.5, 0.6) is 0 Å². The summed E-state index contributed by atoms with van der Waals surface area (Å²) in [6, 6.07) is 0. The maximum absolute atomic E-state index is 11.2. The Kier molecular flexibility index (Phi) is 2.65. The second-order valence-corrected chi connectivity index (χ2v) is 4.03. The fourth-order valence-corrected chi connectivity index (χ4v) is 2.40. The molecule has 0 N–H and O–H groups in total. The van der Waals surface area contributed by atoms with Crippen molar-refractivity contribution in [2.24, 2.45) is 0 Å². The lowest BCUT2D eigenvalue weighted by Gasteiger charge is -2.39. The molecule has 2 saturated heterocycles. The fraction of sp³-hybridized carbons (Fsp3) is 0.900. The Morgan fingerprint density at radius 2 is 1.77 bits per heavy atom. The van der Waals surface area contributed by atoms with E-state index in [0.717, 1.165) is 45.4 Å². The number of ether oxygens (including phenoxy) is 1. The molecule has 0 amide bonds. The van der Waals surface area contributed by atoms with Gasteiger partial charge in [-0.25, -0.2) is 0 Å². The van der Waals surface area contributed by atoms with E-state index >= 15 is 0 Å². The fourth-order valence-electron chi connectivity index (χ4n) is 2.40. The molecule has 0 aromatic heterocycles. The van der Waals surface area contributed by atoms with Crippen LogP contribution >= 0.6 is 0 Å². The zero-order valence-corrected chi connectivity index (χ0v) is 8.00. The molecule has 3 heteroatoms. The van der Waals surface area contributed by atoms with Gasteiger partial charge in [0, 0.05) is 13.2 Å². The lowest BCUT2D eigenvalue weighted by molar-refractivity contribution is -0.124. The van der Waals surface area contributed by atoms with Crippen LogP contribution in [0.1, 0.15) is 25.7 Å². The Bertz CT molecular complexity index is 181. The summed E-state index contributed by atoms with van der Waals surface area (Å²) in [6.07, 6.45) is 5.42. The molecule has 0 aromatic carbocycles. The quantitative estimate of drug-likeness (QED) is 0.594. The van der Waals surface area contributed by atoms with E-state index in [9.17, 15) is 4.79 Å². The van der Waals surface area contributed by atoms with E-state index in [4.69, 9.17) is 4.74 Å². The van der Waals surface area contributed by atoms with Crippen LogP contribution in [0.15, 0.2) is 0 Å². The molecule has 0 atom stereocenters. The highest BCUT2D eigenvalue weighted by Crippen LogP contribution is 2.29. The van der Waals surface area contributed by atoms with Crippen molar-refractivity contribution in [3.8, 4) is 0 Å². The molecule has 2 fully saturated rings. The smallest absolute Gasteiger partial charge is 0.140 e. The van der Waals surface area contributed by atoms with Gasteiger partial charge >= 0.3 is 0 Å². The van der Waals surface area contributed by atoms with Crippen molar-refractivity contribution in [3.63, 3.8) is 0 Å². The van der Waals surface area contributed by atoms with E-state index in [1.165, 1.54) is 12.8 Å². The molecular formula is C10H17NO2. The van der Waals surface area contributed by atoms with Crippen molar-refractivity contribution in [2.45, 2.75) is 31.2 Å². The third-order valence-electron chi connectivity index (χ3n) is 3.31. The second kappa shape index (κ2) is 3.76. The number of hydrogen-bond donors (Lipinski definition) is 0. The number of aldehydes is 1. The van der Waals surface area contributed by atoms with Crippen molar-refractivity contribution < 1.29 is 9.53 Å². The zero-order valence-electron chi connectivity index (χ0n) is 8.00. The van der Waals surface area contributed by atoms with E-state index in [2.05, 4.69) is 4.90 Å². The first kappa shape index (κ1) is 9.16. The largest absolute Gasteiger partial charge is 0.381 e. The Morgan fingerprint density at radius 1 is 1.15 bits per heavy atom. The first-order valence-corrected chi connectivity index (χ1v) is 5.16. The van der Waals surface area contributed by atoms with Gasteiger partial charge in [0.2, 0.25) is 0 Å². The monoisotopic (exact) mass is 183 g/mol. The van der Waals surface area contributed by atoms with Crippen molar-refractivity contribution in [1.29, 1.82) is 0 Å². The number of rotatable bonds is 2. The Hall–Kier alpha value is -0.410. The van der Waals surface area contributed by atoms with Gasteiger partial charge in [0.25, 0.3) is 0 Å². The van der Waals surface area contributed by atoms with Crippen LogP contribution in [0.2, 0.25) is 0 Å². The average Bonchev–Trinajstić information content (AvgIpc) is 2.72. The number of hydrogen-bond acceptors (Lipinski definition) is 3. The SMILES string of the molecule is O=CC1(N2CCCC2)CCOCC1. The van der Waals surface area contributed by atoms with Gasteiger partial charge in [-0.3, -0.25) is 4.90 Å². The Balaban J connectivity index is 2.07. The van der Waals surface area contributed by atoms with Gasteiger partial charge < -0.3 is 9.53 Å². The standard InChI is InChI=1S/C10H17NO2/c12-9-10(3-7-13-8-4-10)11-5-1-2-6-11/h9H,1-8H2. The van der Waals surface area contributed by atoms with Crippen molar-refractivity contribution >= 4 is 6.29 Å². The van der Waals surface area contributed by atoms with Gasteiger partial charge in [0.1, 0.15) is 6.29 Å². The van der Waals surface area contributed by atoms with Gasteiger partial charge in [0.15, 0.2) is 0 Å². The Morgan fingerprint density at radius 3 is 2.31 bits per heavy atom. The molecule has 0 unspecified atom stereocenters. The molecule has 0 spiro atoms. The lowest BCUT2D eigenvalue weighted by atomic mass is 9.90. The van der Waals surface area contributed by atoms with Crippen LogP contribution in [0, 0.1) is 0 Å². The number of likely N-dealkylation sites (tertiary alicyclic amines) is 1. The minimum Gasteiger partial charge on any atom is -0.381 e. The van der Waals surface area contributed by atoms with Gasteiger partial charge in [-0.2, -0.15) is 0 Å². The molecule has 2 aliphatic rings. The first-order valence-electron chi connectivity index (χ1n) is 5.16. The normalized spacial score (nSPS) is 28.9. The van der Waals surface area contributed by atoms with Gasteiger partial charge in [-0.15, -0.1) is 0 Å².